The average molecular weight is 451 g/mol. The predicted molar refractivity (Wildman–Crippen MR) is 125 cm³/mol. The van der Waals surface area contributed by atoms with Gasteiger partial charge in [0.25, 0.3) is 0 Å². The summed E-state index contributed by atoms with van der Waals surface area (Å²) in [5.41, 5.74) is 1.19. The van der Waals surface area contributed by atoms with E-state index in [2.05, 4.69) is 0 Å². The molecule has 1 amide bonds. The summed E-state index contributed by atoms with van der Waals surface area (Å²) in [7, 11) is -1.94. The highest BCUT2D eigenvalue weighted by Crippen LogP contribution is 2.28. The molecule has 1 aliphatic rings. The van der Waals surface area contributed by atoms with Gasteiger partial charge in [0.2, 0.25) is 15.9 Å². The second-order valence-electron chi connectivity index (χ2n) is 8.19. The number of nitrogens with zero attached hydrogens (tertiary/aromatic N) is 2. The van der Waals surface area contributed by atoms with Crippen LogP contribution in [0, 0.1) is 5.92 Å². The Morgan fingerprint density at radius 1 is 0.906 bits per heavy atom. The summed E-state index contributed by atoms with van der Waals surface area (Å²) in [6.45, 7) is 1.96. The van der Waals surface area contributed by atoms with Gasteiger partial charge in [-0.05, 0) is 54.8 Å². The molecule has 32 heavy (non-hydrogen) atoms. The van der Waals surface area contributed by atoms with Gasteiger partial charge < -0.3 is 4.90 Å². The maximum atomic E-state index is 13.1. The highest BCUT2D eigenvalue weighted by Gasteiger charge is 2.33. The summed E-state index contributed by atoms with van der Waals surface area (Å²) < 4.78 is 27.5. The number of hydrogen-bond donors (Lipinski definition) is 0. The van der Waals surface area contributed by atoms with E-state index < -0.39 is 10.0 Å². The molecule has 0 bridgehead atoms. The van der Waals surface area contributed by atoms with Crippen molar-refractivity contribution in [3.63, 3.8) is 0 Å². The van der Waals surface area contributed by atoms with E-state index in [1.54, 1.807) is 24.1 Å². The number of carbonyl (C=O) groups is 2. The molecule has 0 aromatic heterocycles. The number of sulfonamides is 1. The molecule has 4 rings (SSSR count). The number of piperidine rings is 1. The molecule has 0 spiro atoms. The van der Waals surface area contributed by atoms with E-state index in [0.717, 1.165) is 16.5 Å². The van der Waals surface area contributed by atoms with E-state index in [0.29, 0.717) is 18.4 Å². The minimum atomic E-state index is -3.71. The summed E-state index contributed by atoms with van der Waals surface area (Å²) in [5, 5.41) is 2.18. The third-order valence-corrected chi connectivity index (χ3v) is 8.03. The van der Waals surface area contributed by atoms with Crippen molar-refractivity contribution in [3.05, 3.63) is 72.3 Å². The Morgan fingerprint density at radius 2 is 1.59 bits per heavy atom. The Bertz CT molecular complexity index is 1280. The molecule has 166 valence electrons. The maximum absolute atomic E-state index is 13.1. The topological polar surface area (TPSA) is 74.8 Å². The first-order valence-corrected chi connectivity index (χ1v) is 12.1. The zero-order valence-electron chi connectivity index (χ0n) is 18.2. The fraction of sp³-hybridized carbons (Fsp3) is 0.280. The van der Waals surface area contributed by atoms with Gasteiger partial charge in [0.1, 0.15) is 0 Å². The van der Waals surface area contributed by atoms with Crippen molar-refractivity contribution in [1.82, 2.24) is 4.31 Å². The SMILES string of the molecule is CC(=O)c1cccc(S(=O)(=O)N2CCC(C(=O)N(C)c3ccc4ccccc4c3)CC2)c1. The lowest BCUT2D eigenvalue weighted by Gasteiger charge is -2.32. The molecule has 0 atom stereocenters. The van der Waals surface area contributed by atoms with Gasteiger partial charge in [0.05, 0.1) is 4.90 Å². The molecule has 7 heteroatoms. The number of ketones is 1. The number of rotatable bonds is 5. The lowest BCUT2D eigenvalue weighted by molar-refractivity contribution is -0.123. The van der Waals surface area contributed by atoms with Gasteiger partial charge in [-0.3, -0.25) is 9.59 Å². The van der Waals surface area contributed by atoms with Crippen LogP contribution in [-0.2, 0) is 14.8 Å². The van der Waals surface area contributed by atoms with Gasteiger partial charge in [-0.2, -0.15) is 4.31 Å². The second kappa shape index (κ2) is 8.84. The van der Waals surface area contributed by atoms with Crippen molar-refractivity contribution < 1.29 is 18.0 Å². The van der Waals surface area contributed by atoms with Crippen LogP contribution in [0.1, 0.15) is 30.1 Å². The first kappa shape index (κ1) is 22.2. The number of amides is 1. The Morgan fingerprint density at radius 3 is 2.28 bits per heavy atom. The Balaban J connectivity index is 1.45. The van der Waals surface area contributed by atoms with Crippen molar-refractivity contribution >= 4 is 38.2 Å². The van der Waals surface area contributed by atoms with Gasteiger partial charge in [-0.15, -0.1) is 0 Å². The number of Topliss-reactive ketones (excluding diaryl/α,β-unsaturated/α-hetero) is 1. The largest absolute Gasteiger partial charge is 0.315 e. The summed E-state index contributed by atoms with van der Waals surface area (Å²) >= 11 is 0. The number of hydrogen-bond acceptors (Lipinski definition) is 4. The van der Waals surface area contributed by atoms with Gasteiger partial charge in [-0.1, -0.05) is 42.5 Å². The van der Waals surface area contributed by atoms with Crippen LogP contribution in [0.2, 0.25) is 0 Å². The van der Waals surface area contributed by atoms with Crippen molar-refractivity contribution in [2.45, 2.75) is 24.7 Å². The Hall–Kier alpha value is -3.03. The van der Waals surface area contributed by atoms with E-state index in [-0.39, 0.29) is 35.6 Å². The molecule has 0 aliphatic carbocycles. The lowest BCUT2D eigenvalue weighted by Crippen LogP contribution is -2.43. The molecular weight excluding hydrogens is 424 g/mol. The highest BCUT2D eigenvalue weighted by atomic mass is 32.2. The molecule has 1 fully saturated rings. The standard InChI is InChI=1S/C25H26N2O4S/c1-18(28)21-8-5-9-24(17-21)32(30,31)27-14-12-20(13-15-27)25(29)26(2)23-11-10-19-6-3-4-7-22(19)16-23/h3-11,16-17,20H,12-15H2,1-2H3. The predicted octanol–water partition coefficient (Wildman–Crippen LogP) is 4.11. The van der Waals surface area contributed by atoms with Crippen LogP contribution in [0.3, 0.4) is 0 Å². The number of fused-ring (bicyclic) bond motifs is 1. The van der Waals surface area contributed by atoms with Crippen molar-refractivity contribution in [2.24, 2.45) is 5.92 Å². The van der Waals surface area contributed by atoms with Crippen molar-refractivity contribution in [1.29, 1.82) is 0 Å². The lowest BCUT2D eigenvalue weighted by atomic mass is 9.96. The number of carbonyl (C=O) groups excluding carboxylic acids is 2. The van der Waals surface area contributed by atoms with Gasteiger partial charge >= 0.3 is 0 Å². The fourth-order valence-corrected chi connectivity index (χ4v) is 5.67. The van der Waals surface area contributed by atoms with Crippen LogP contribution in [0.25, 0.3) is 10.8 Å². The van der Waals surface area contributed by atoms with E-state index >= 15 is 0 Å². The smallest absolute Gasteiger partial charge is 0.243 e. The van der Waals surface area contributed by atoms with E-state index in [1.165, 1.54) is 23.4 Å². The fourth-order valence-electron chi connectivity index (χ4n) is 4.15. The summed E-state index contributed by atoms with van der Waals surface area (Å²) in [6, 6.07) is 20.0. The van der Waals surface area contributed by atoms with Crippen LogP contribution in [0.4, 0.5) is 5.69 Å². The average Bonchev–Trinajstić information content (AvgIpc) is 2.83. The van der Waals surface area contributed by atoms with Gasteiger partial charge in [0, 0.05) is 37.3 Å². The van der Waals surface area contributed by atoms with Crippen molar-refractivity contribution in [3.8, 4) is 0 Å². The zero-order chi connectivity index (χ0) is 22.9. The molecule has 0 radical (unpaired) electrons. The number of benzene rings is 3. The normalized spacial score (nSPS) is 15.6. The molecule has 0 unspecified atom stereocenters. The summed E-state index contributed by atoms with van der Waals surface area (Å²) in [5.74, 6) is -0.416. The minimum Gasteiger partial charge on any atom is -0.315 e. The van der Waals surface area contributed by atoms with Crippen LogP contribution in [0.5, 0.6) is 0 Å². The quantitative estimate of drug-likeness (QED) is 0.549. The Kier molecular flexibility index (Phi) is 6.13. The second-order valence-corrected chi connectivity index (χ2v) is 10.1. The Labute approximate surface area is 188 Å². The molecule has 1 saturated heterocycles. The zero-order valence-corrected chi connectivity index (χ0v) is 19.0. The molecule has 1 heterocycles. The first-order chi connectivity index (χ1) is 15.3. The molecule has 0 N–H and O–H groups in total. The highest BCUT2D eigenvalue weighted by molar-refractivity contribution is 7.89. The first-order valence-electron chi connectivity index (χ1n) is 10.6. The molecule has 0 saturated carbocycles. The third-order valence-electron chi connectivity index (χ3n) is 6.13. The number of anilines is 1. The van der Waals surface area contributed by atoms with Crippen LogP contribution in [-0.4, -0.2) is 44.6 Å². The van der Waals surface area contributed by atoms with Gasteiger partial charge in [0.15, 0.2) is 5.78 Å². The maximum Gasteiger partial charge on any atom is 0.243 e. The van der Waals surface area contributed by atoms with Gasteiger partial charge in [-0.25, -0.2) is 8.42 Å². The van der Waals surface area contributed by atoms with E-state index in [1.807, 2.05) is 42.5 Å². The summed E-state index contributed by atoms with van der Waals surface area (Å²) in [4.78, 5) is 26.5. The molecule has 1 aliphatic heterocycles. The molecule has 6 nitrogen and oxygen atoms in total. The molecule has 3 aromatic rings. The molecule has 3 aromatic carbocycles. The van der Waals surface area contributed by atoms with Crippen LogP contribution < -0.4 is 4.90 Å². The van der Waals surface area contributed by atoms with Crippen molar-refractivity contribution in [2.75, 3.05) is 25.0 Å². The summed E-state index contributed by atoms with van der Waals surface area (Å²) in [6.07, 6.45) is 0.921. The van der Waals surface area contributed by atoms with Crippen LogP contribution >= 0.6 is 0 Å². The minimum absolute atomic E-state index is 0.00379. The van der Waals surface area contributed by atoms with E-state index in [4.69, 9.17) is 0 Å². The third kappa shape index (κ3) is 4.31. The monoisotopic (exact) mass is 450 g/mol. The van der Waals surface area contributed by atoms with Crippen LogP contribution in [0.15, 0.2) is 71.6 Å². The van der Waals surface area contributed by atoms with E-state index in [9.17, 15) is 18.0 Å². The molecular formula is C25H26N2O4S.